The summed E-state index contributed by atoms with van der Waals surface area (Å²) in [6.45, 7) is 2.49. The van der Waals surface area contributed by atoms with Crippen LogP contribution in [-0.2, 0) is 9.59 Å². The number of hydrogen-bond donors (Lipinski definition) is 2. The number of hydrogen-bond acceptors (Lipinski definition) is 4. The molecule has 4 nitrogen and oxygen atoms in total. The summed E-state index contributed by atoms with van der Waals surface area (Å²) in [5, 5.41) is 21.1. The number of aliphatic hydroxyl groups is 2. The summed E-state index contributed by atoms with van der Waals surface area (Å²) in [5.41, 5.74) is 0.384. The molecule has 0 spiro atoms. The van der Waals surface area contributed by atoms with Gasteiger partial charge >= 0.3 is 0 Å². The molecule has 2 N–H and O–H groups in total. The van der Waals surface area contributed by atoms with E-state index in [-0.39, 0.29) is 22.7 Å². The highest BCUT2D eigenvalue weighted by molar-refractivity contribution is 6.17. The maximum Gasteiger partial charge on any atom is 0.164 e. The Kier molecular flexibility index (Phi) is 5.32. The molecule has 0 bridgehead atoms. The van der Waals surface area contributed by atoms with Crippen molar-refractivity contribution in [1.82, 2.24) is 0 Å². The summed E-state index contributed by atoms with van der Waals surface area (Å²) in [6.07, 6.45) is 0. The highest BCUT2D eigenvalue weighted by Crippen LogP contribution is 2.28. The first-order chi connectivity index (χ1) is 11.4. The molecule has 0 aliphatic heterocycles. The minimum Gasteiger partial charge on any atom is -0.507 e. The van der Waals surface area contributed by atoms with Crippen molar-refractivity contribution < 1.29 is 19.8 Å². The van der Waals surface area contributed by atoms with Crippen molar-refractivity contribution in [3.8, 4) is 0 Å². The number of aliphatic hydroxyl groups excluding tert-OH is 2. The predicted molar refractivity (Wildman–Crippen MR) is 93.3 cm³/mol. The van der Waals surface area contributed by atoms with Gasteiger partial charge in [0.15, 0.2) is 11.6 Å². The van der Waals surface area contributed by atoms with E-state index in [1.165, 1.54) is 13.8 Å². The summed E-state index contributed by atoms with van der Waals surface area (Å²) in [4.78, 5) is 24.3. The van der Waals surface area contributed by atoms with Gasteiger partial charge in [0.2, 0.25) is 0 Å². The van der Waals surface area contributed by atoms with E-state index in [4.69, 9.17) is 0 Å². The van der Waals surface area contributed by atoms with Crippen LogP contribution in [0, 0.1) is 0 Å². The molecule has 0 heterocycles. The van der Waals surface area contributed by atoms with Gasteiger partial charge in [-0.15, -0.1) is 0 Å². The smallest absolute Gasteiger partial charge is 0.164 e. The molecule has 0 saturated carbocycles. The Morgan fingerprint density at radius 2 is 0.917 bits per heavy atom. The number of allylic oxidation sites excluding steroid dienone is 2. The lowest BCUT2D eigenvalue weighted by Gasteiger charge is -2.13. The van der Waals surface area contributed by atoms with E-state index in [1.54, 1.807) is 60.7 Å². The number of Topliss-reactive ketones (excluding diaryl/α,β-unsaturated/α-hetero) is 2. The zero-order valence-corrected chi connectivity index (χ0v) is 13.5. The standard InChI is InChI=1S/C20H18O4/c1-13(21)17(19(23)15-9-5-3-6-10-15)18(14(2)22)20(24)16-11-7-4-8-12-16/h3-12,23-24H,1-2H3/b19-17-,20-18-. The SMILES string of the molecule is CC(=O)C(/C(C(C)=O)=C(\O)c1ccccc1)=C(/O)c1ccccc1. The molecule has 2 aromatic rings. The van der Waals surface area contributed by atoms with Gasteiger partial charge in [-0.25, -0.2) is 0 Å². The summed E-state index contributed by atoms with van der Waals surface area (Å²) >= 11 is 0. The van der Waals surface area contributed by atoms with Crippen LogP contribution < -0.4 is 0 Å². The minimum absolute atomic E-state index is 0.199. The number of rotatable bonds is 5. The first-order valence-corrected chi connectivity index (χ1v) is 7.43. The Hall–Kier alpha value is -3.14. The third kappa shape index (κ3) is 3.60. The molecule has 122 valence electrons. The first-order valence-electron chi connectivity index (χ1n) is 7.43. The van der Waals surface area contributed by atoms with Gasteiger partial charge in [0.05, 0.1) is 11.1 Å². The molecule has 4 heteroatoms. The van der Waals surface area contributed by atoms with Crippen molar-refractivity contribution in [2.45, 2.75) is 13.8 Å². The highest BCUT2D eigenvalue weighted by atomic mass is 16.3. The number of carbonyl (C=O) groups is 2. The lowest BCUT2D eigenvalue weighted by Crippen LogP contribution is -2.13. The summed E-state index contributed by atoms with van der Waals surface area (Å²) in [7, 11) is 0. The fourth-order valence-corrected chi connectivity index (χ4v) is 2.40. The Labute approximate surface area is 140 Å². The van der Waals surface area contributed by atoms with Crippen LogP contribution in [0.2, 0.25) is 0 Å². The Morgan fingerprint density at radius 3 is 1.17 bits per heavy atom. The van der Waals surface area contributed by atoms with Crippen LogP contribution in [0.1, 0.15) is 25.0 Å². The molecular weight excluding hydrogens is 304 g/mol. The Bertz CT molecular complexity index is 744. The van der Waals surface area contributed by atoms with E-state index >= 15 is 0 Å². The molecule has 0 saturated heterocycles. The second-order valence-electron chi connectivity index (χ2n) is 5.29. The highest BCUT2D eigenvalue weighted by Gasteiger charge is 2.25. The van der Waals surface area contributed by atoms with Gasteiger partial charge in [0, 0.05) is 11.1 Å². The average molecular weight is 322 g/mol. The monoisotopic (exact) mass is 322 g/mol. The number of carbonyl (C=O) groups excluding carboxylic acids is 2. The fraction of sp³-hybridized carbons (Fsp3) is 0.100. The lowest BCUT2D eigenvalue weighted by atomic mass is 9.92. The van der Waals surface area contributed by atoms with Gasteiger partial charge in [-0.1, -0.05) is 60.7 Å². The van der Waals surface area contributed by atoms with Crippen LogP contribution in [0.25, 0.3) is 11.5 Å². The van der Waals surface area contributed by atoms with E-state index < -0.39 is 11.6 Å². The van der Waals surface area contributed by atoms with Gasteiger partial charge in [-0.2, -0.15) is 0 Å². The van der Waals surface area contributed by atoms with E-state index in [0.717, 1.165) is 0 Å². The Morgan fingerprint density at radius 1 is 0.625 bits per heavy atom. The third-order valence-electron chi connectivity index (χ3n) is 3.52. The van der Waals surface area contributed by atoms with E-state index in [0.29, 0.717) is 11.1 Å². The van der Waals surface area contributed by atoms with Crippen LogP contribution in [0.5, 0.6) is 0 Å². The van der Waals surface area contributed by atoms with Crippen LogP contribution in [0.15, 0.2) is 71.8 Å². The van der Waals surface area contributed by atoms with Gasteiger partial charge in [0.25, 0.3) is 0 Å². The zero-order chi connectivity index (χ0) is 17.7. The topological polar surface area (TPSA) is 74.6 Å². The average Bonchev–Trinajstić information content (AvgIpc) is 2.59. The van der Waals surface area contributed by atoms with Crippen molar-refractivity contribution in [2.24, 2.45) is 0 Å². The molecule has 2 rings (SSSR count). The van der Waals surface area contributed by atoms with Gasteiger partial charge < -0.3 is 10.2 Å². The summed E-state index contributed by atoms with van der Waals surface area (Å²) in [5.74, 6) is -1.69. The molecule has 2 aromatic carbocycles. The quantitative estimate of drug-likeness (QED) is 0.494. The van der Waals surface area contributed by atoms with Crippen molar-refractivity contribution in [2.75, 3.05) is 0 Å². The van der Waals surface area contributed by atoms with E-state index in [2.05, 4.69) is 0 Å². The molecule has 0 aromatic heterocycles. The van der Waals surface area contributed by atoms with Gasteiger partial charge in [0.1, 0.15) is 11.5 Å². The molecule has 0 atom stereocenters. The van der Waals surface area contributed by atoms with Crippen molar-refractivity contribution in [3.05, 3.63) is 82.9 Å². The predicted octanol–water partition coefficient (Wildman–Crippen LogP) is 4.10. The Balaban J connectivity index is 2.76. The molecule has 0 aliphatic rings. The van der Waals surface area contributed by atoms with Crippen molar-refractivity contribution >= 4 is 23.1 Å². The molecule has 0 unspecified atom stereocenters. The normalized spacial score (nSPS) is 12.9. The maximum atomic E-state index is 12.1. The maximum absolute atomic E-state index is 12.1. The fourth-order valence-electron chi connectivity index (χ4n) is 2.40. The second kappa shape index (κ2) is 7.42. The molecule has 0 fully saturated rings. The van der Waals surface area contributed by atoms with E-state index in [9.17, 15) is 19.8 Å². The third-order valence-corrected chi connectivity index (χ3v) is 3.52. The van der Waals surface area contributed by atoms with Crippen molar-refractivity contribution in [1.29, 1.82) is 0 Å². The van der Waals surface area contributed by atoms with Crippen LogP contribution in [0.4, 0.5) is 0 Å². The van der Waals surface area contributed by atoms with Gasteiger partial charge in [-0.05, 0) is 13.8 Å². The van der Waals surface area contributed by atoms with Crippen LogP contribution in [-0.4, -0.2) is 21.8 Å². The number of benzene rings is 2. The summed E-state index contributed by atoms with van der Waals surface area (Å²) in [6, 6.07) is 16.8. The van der Waals surface area contributed by atoms with Crippen molar-refractivity contribution in [3.63, 3.8) is 0 Å². The lowest BCUT2D eigenvalue weighted by molar-refractivity contribution is -0.116. The first kappa shape index (κ1) is 17.2. The molecule has 0 aliphatic carbocycles. The van der Waals surface area contributed by atoms with Crippen LogP contribution >= 0.6 is 0 Å². The zero-order valence-electron chi connectivity index (χ0n) is 13.5. The largest absolute Gasteiger partial charge is 0.507 e. The molecule has 24 heavy (non-hydrogen) atoms. The number of ketones is 2. The molecule has 0 amide bonds. The second-order valence-corrected chi connectivity index (χ2v) is 5.29. The van der Waals surface area contributed by atoms with E-state index in [1.807, 2.05) is 0 Å². The molecule has 0 radical (unpaired) electrons. The van der Waals surface area contributed by atoms with Crippen LogP contribution in [0.3, 0.4) is 0 Å². The minimum atomic E-state index is -0.510. The molecular formula is C20H18O4. The van der Waals surface area contributed by atoms with Gasteiger partial charge in [-0.3, -0.25) is 9.59 Å². The summed E-state index contributed by atoms with van der Waals surface area (Å²) < 4.78 is 0.